The Morgan fingerprint density at radius 2 is 1.07 bits per heavy atom. The van der Waals surface area contributed by atoms with Crippen LogP contribution in [0.15, 0.2) is 205 Å². The molecule has 5 atom stereocenters. The van der Waals surface area contributed by atoms with Crippen LogP contribution in [-0.4, -0.2) is 84.5 Å². The zero-order chi connectivity index (χ0) is 56.3. The average Bonchev–Trinajstić information content (AvgIpc) is 3.52. The van der Waals surface area contributed by atoms with E-state index in [2.05, 4.69) is 51.5 Å². The number of rotatable bonds is 14. The van der Waals surface area contributed by atoms with Gasteiger partial charge >= 0.3 is 17.9 Å². The summed E-state index contributed by atoms with van der Waals surface area (Å²) in [7, 11) is 4.37. The van der Waals surface area contributed by atoms with Gasteiger partial charge in [-0.2, -0.15) is 0 Å². The van der Waals surface area contributed by atoms with Gasteiger partial charge in [-0.3, -0.25) is 19.2 Å². The van der Waals surface area contributed by atoms with Crippen molar-refractivity contribution in [2.75, 3.05) is 20.7 Å². The van der Waals surface area contributed by atoms with E-state index in [4.69, 9.17) is 26.4 Å². The highest BCUT2D eigenvalue weighted by atomic mass is 32.1. The normalized spacial score (nSPS) is 19.0. The number of cyclic esters (lactones) is 2. The quantitative estimate of drug-likeness (QED) is 0.0412. The third-order valence-electron chi connectivity index (χ3n) is 14.0. The molecule has 13 nitrogen and oxygen atoms in total. The summed E-state index contributed by atoms with van der Waals surface area (Å²) in [4.78, 5) is 59.1. The molecule has 2 aliphatic carbocycles. The zero-order valence-corrected chi connectivity index (χ0v) is 46.7. The van der Waals surface area contributed by atoms with E-state index in [1.807, 2.05) is 158 Å². The Balaban J connectivity index is 0.000000155. The van der Waals surface area contributed by atoms with Crippen LogP contribution in [0.5, 0.6) is 0 Å². The summed E-state index contributed by atoms with van der Waals surface area (Å²) in [5.41, 5.74) is 5.13. The van der Waals surface area contributed by atoms with Gasteiger partial charge in [0.15, 0.2) is 5.11 Å². The molecule has 2 saturated carbocycles. The maximum absolute atomic E-state index is 12.3. The molecular weight excluding hydrogens is 1020 g/mol. The number of hydrogen-bond acceptors (Lipinski definition) is 11. The first-order valence-corrected chi connectivity index (χ1v) is 28.1. The number of hydrogen-bond donors (Lipinski definition) is 3. The fourth-order valence-corrected chi connectivity index (χ4v) is 10.2. The number of amides is 1. The molecule has 1 amide bonds. The van der Waals surface area contributed by atoms with Gasteiger partial charge in [-0.05, 0) is 105 Å². The molecule has 416 valence electrons. The van der Waals surface area contributed by atoms with E-state index in [1.54, 1.807) is 24.3 Å². The van der Waals surface area contributed by atoms with Crippen LogP contribution >= 0.6 is 12.2 Å². The second kappa shape index (κ2) is 32.1. The number of carbonyl (C=O) groups is 4. The highest BCUT2D eigenvalue weighted by Gasteiger charge is 2.29. The largest absolute Gasteiger partial charge is 0.461 e. The van der Waals surface area contributed by atoms with Crippen molar-refractivity contribution in [2.24, 2.45) is 9.98 Å². The Morgan fingerprint density at radius 1 is 0.625 bits per heavy atom. The molecule has 6 aromatic carbocycles. The summed E-state index contributed by atoms with van der Waals surface area (Å²) >= 11 is 5.51. The topological polar surface area (TPSA) is 160 Å². The van der Waals surface area contributed by atoms with Crippen LogP contribution in [0.1, 0.15) is 133 Å². The molecule has 3 N–H and O–H groups in total. The van der Waals surface area contributed by atoms with Crippen LogP contribution < -0.4 is 16.0 Å². The van der Waals surface area contributed by atoms with Gasteiger partial charge in [0.05, 0.1) is 37.4 Å². The van der Waals surface area contributed by atoms with Gasteiger partial charge in [-0.25, -0.2) is 9.98 Å². The standard InChI is InChI=1S/C19H19NO3.2C16H13NO2.C15H29N3S/c1-2-13-23-18(21)14-17(15-9-5-3-6-10-15)20-19(22)16-11-7-4-8-12-16;2*18-15-11-14(12-7-3-1-4-8-12)17-16(19-15)13-9-5-2-6-10-13;1-18(2)14-11-7-6-10-13(14)17-15(19)16-12-8-4-3-5-9-12/h2-12,17H,1,13-14H2,(H,20,22);2*1-10,14H,11H2;12-14H,3-11H2,1-2H3,(H2,16,17,19)/t;14-;;13-,14-/m.1.1/s1. The summed E-state index contributed by atoms with van der Waals surface area (Å²) in [6, 6.07) is 57.9. The minimum Gasteiger partial charge on any atom is -0.461 e. The minimum atomic E-state index is -0.443. The van der Waals surface area contributed by atoms with E-state index in [0.29, 0.717) is 48.3 Å². The number of nitrogens with one attached hydrogen (secondary N) is 3. The summed E-state index contributed by atoms with van der Waals surface area (Å²) < 4.78 is 15.5. The van der Waals surface area contributed by atoms with Crippen molar-refractivity contribution in [1.29, 1.82) is 0 Å². The molecule has 80 heavy (non-hydrogen) atoms. The molecule has 2 heterocycles. The van der Waals surface area contributed by atoms with Crippen LogP contribution in [0.25, 0.3) is 0 Å². The first-order chi connectivity index (χ1) is 39.0. The highest BCUT2D eigenvalue weighted by Crippen LogP contribution is 2.29. The van der Waals surface area contributed by atoms with Crippen LogP contribution in [0.2, 0.25) is 0 Å². The Morgan fingerprint density at radius 3 is 1.56 bits per heavy atom. The van der Waals surface area contributed by atoms with Crippen LogP contribution in [-0.2, 0) is 28.6 Å². The predicted octanol–water partition coefficient (Wildman–Crippen LogP) is 12.2. The van der Waals surface area contributed by atoms with Crippen molar-refractivity contribution in [3.8, 4) is 0 Å². The van der Waals surface area contributed by atoms with Crippen LogP contribution in [0, 0.1) is 0 Å². The fraction of sp³-hybridized carbons (Fsp3) is 0.318. The van der Waals surface area contributed by atoms with Gasteiger partial charge < -0.3 is 35.1 Å². The van der Waals surface area contributed by atoms with Crippen molar-refractivity contribution in [3.05, 3.63) is 228 Å². The Hall–Kier alpha value is -8.07. The first-order valence-electron chi connectivity index (χ1n) is 27.7. The van der Waals surface area contributed by atoms with Gasteiger partial charge in [0.25, 0.3) is 5.91 Å². The van der Waals surface area contributed by atoms with Crippen molar-refractivity contribution in [3.63, 3.8) is 0 Å². The second-order valence-electron chi connectivity index (χ2n) is 20.2. The summed E-state index contributed by atoms with van der Waals surface area (Å²) in [5.74, 6) is -0.259. The molecule has 6 aromatic rings. The lowest BCUT2D eigenvalue weighted by Crippen LogP contribution is -2.54. The molecule has 0 aromatic heterocycles. The lowest BCUT2D eigenvalue weighted by molar-refractivity contribution is -0.143. The number of benzene rings is 6. The monoisotopic (exact) mass is 1090 g/mol. The SMILES string of the molecule is C=CCOC(=O)CC(NC(=O)c1ccccc1)c1ccccc1.CN(C)[C@@H]1CCCC[C@H]1NC(=S)NC1CCCCC1.O=C1CC(c2ccccc2)N=C(c2ccccc2)O1.O=C1C[C@H](c2ccccc2)N=C(c2ccccc2)O1. The van der Waals surface area contributed by atoms with Crippen LogP contribution in [0.3, 0.4) is 0 Å². The molecule has 2 fully saturated rings. The lowest BCUT2D eigenvalue weighted by Gasteiger charge is -2.37. The molecule has 14 heteroatoms. The van der Waals surface area contributed by atoms with Gasteiger partial charge in [0, 0.05) is 34.8 Å². The van der Waals surface area contributed by atoms with Crippen molar-refractivity contribution < 1.29 is 33.4 Å². The lowest BCUT2D eigenvalue weighted by atomic mass is 9.89. The zero-order valence-electron chi connectivity index (χ0n) is 45.9. The van der Waals surface area contributed by atoms with Crippen molar-refractivity contribution in [2.45, 2.75) is 113 Å². The smallest absolute Gasteiger partial charge is 0.315 e. The molecule has 10 rings (SSSR count). The minimum absolute atomic E-state index is 0.0659. The van der Waals surface area contributed by atoms with Gasteiger partial charge in [0.2, 0.25) is 11.8 Å². The number of carbonyl (C=O) groups excluding carboxylic acids is 4. The molecule has 0 spiro atoms. The molecule has 0 radical (unpaired) electrons. The van der Waals surface area contributed by atoms with Gasteiger partial charge in [-0.15, -0.1) is 0 Å². The Kier molecular flexibility index (Phi) is 23.9. The third kappa shape index (κ3) is 19.4. The van der Waals surface area contributed by atoms with E-state index in [-0.39, 0.29) is 48.9 Å². The Labute approximate surface area is 477 Å². The second-order valence-corrected chi connectivity index (χ2v) is 20.6. The third-order valence-corrected chi connectivity index (χ3v) is 14.3. The fourth-order valence-electron chi connectivity index (χ4n) is 9.89. The molecule has 2 aliphatic heterocycles. The number of ether oxygens (including phenoxy) is 3. The van der Waals surface area contributed by atoms with E-state index in [9.17, 15) is 19.2 Å². The first kappa shape index (κ1) is 59.6. The number of aliphatic imine (C=N–C) groups is 2. The van der Waals surface area contributed by atoms with Crippen LogP contribution in [0.4, 0.5) is 0 Å². The van der Waals surface area contributed by atoms with E-state index in [0.717, 1.165) is 32.9 Å². The maximum Gasteiger partial charge on any atom is 0.315 e. The molecule has 2 unspecified atom stereocenters. The molecule has 4 aliphatic rings. The maximum atomic E-state index is 12.3. The van der Waals surface area contributed by atoms with Gasteiger partial charge in [0.1, 0.15) is 6.61 Å². The number of nitrogens with zero attached hydrogens (tertiary/aromatic N) is 3. The highest BCUT2D eigenvalue weighted by molar-refractivity contribution is 7.80. The van der Waals surface area contributed by atoms with E-state index < -0.39 is 6.04 Å². The van der Waals surface area contributed by atoms with E-state index in [1.165, 1.54) is 63.9 Å². The average molecular weight is 1100 g/mol. The summed E-state index contributed by atoms with van der Waals surface area (Å²) in [6.07, 6.45) is 14.0. The number of esters is 3. The molecular formula is C66H74N6O7S. The van der Waals surface area contributed by atoms with E-state index >= 15 is 0 Å². The van der Waals surface area contributed by atoms with Crippen molar-refractivity contribution in [1.82, 2.24) is 20.9 Å². The summed E-state index contributed by atoms with van der Waals surface area (Å²) in [5, 5.41) is 10.9. The Bertz CT molecular complexity index is 2830. The molecule has 0 bridgehead atoms. The number of likely N-dealkylation sites (N-methyl/N-ethyl adjacent to an activating group) is 1. The predicted molar refractivity (Wildman–Crippen MR) is 320 cm³/mol. The number of thiocarbonyl (C=S) groups is 1. The van der Waals surface area contributed by atoms with Gasteiger partial charge in [-0.1, -0.05) is 190 Å². The van der Waals surface area contributed by atoms with Crippen molar-refractivity contribution >= 4 is 52.9 Å². The summed E-state index contributed by atoms with van der Waals surface area (Å²) in [6.45, 7) is 3.67. The molecule has 0 saturated heterocycles.